The molecule has 0 aromatic heterocycles. The maximum atomic E-state index is 14.1. The zero-order valence-electron chi connectivity index (χ0n) is 34.9. The van der Waals surface area contributed by atoms with Gasteiger partial charge in [0, 0.05) is 6.54 Å². The monoisotopic (exact) mass is 930 g/mol. The third-order valence-electron chi connectivity index (χ3n) is 8.23. The van der Waals surface area contributed by atoms with Gasteiger partial charge in [0.15, 0.2) is 23.8 Å². The first-order chi connectivity index (χ1) is 30.7. The molecule has 0 aliphatic heterocycles. The lowest BCUT2D eigenvalue weighted by atomic mass is 10.1. The normalized spacial score (nSPS) is 13.3. The van der Waals surface area contributed by atoms with Gasteiger partial charge in [-0.25, -0.2) is 20.0 Å². The molecule has 33 heteroatoms. The third kappa shape index (κ3) is 15.9. The number of aliphatic imine (C=N–C) groups is 4. The van der Waals surface area contributed by atoms with Gasteiger partial charge in [0.25, 0.3) is 40.9 Å². The van der Waals surface area contributed by atoms with Crippen LogP contribution in [0, 0.1) is 26.1 Å². The maximum Gasteiger partial charge on any atom is 0.299 e. The van der Waals surface area contributed by atoms with Crippen LogP contribution >= 0.6 is 0 Å². The second-order valence-corrected chi connectivity index (χ2v) is 13.8. The Balaban J connectivity index is 2.56. The van der Waals surface area contributed by atoms with Crippen LogP contribution in [0.3, 0.4) is 0 Å². The molecule has 0 fully saturated rings. The van der Waals surface area contributed by atoms with E-state index in [1.54, 1.807) is 13.8 Å². The first-order valence-corrected chi connectivity index (χ1v) is 18.6. The van der Waals surface area contributed by atoms with Crippen LogP contribution in [-0.4, -0.2) is 112 Å². The highest BCUT2D eigenvalue weighted by Gasteiger charge is 2.37. The number of hydrogen-bond acceptors (Lipinski definition) is 17. The highest BCUT2D eigenvalue weighted by Crippen LogP contribution is 2.37. The van der Waals surface area contributed by atoms with Crippen LogP contribution in [0.2, 0.25) is 0 Å². The SMILES string of the molecule is CC(C)CCN(c1cc(N)c([N+](=O)[O-])cc1[N+](=O)[O-])C(O)C(=O)NC(C(=O)NC(N=C(N)N)C(=O)NC(N=C(N)N)C(=O)NC(N=C(N)N)C(=O)NC(N=C(N)N)C(N)=O)c1ccccc1. The fourth-order valence-corrected chi connectivity index (χ4v) is 5.28. The summed E-state index contributed by atoms with van der Waals surface area (Å²) < 4.78 is 0. The fourth-order valence-electron chi connectivity index (χ4n) is 5.28. The standard InChI is InChI=1S/C33H50N22O11/c1-12(2)8-9-53(16-10-14(34)15(54(63)64)11-17(16)55(65)66)29(62)28(61)44-18(13-6-4-3-5-7-13)24(57)46-21(50-31(38)39)26(59)48-23(52-33(42)43)27(60)47-22(51-32(40)41)25(58)45-20(19(35)56)49-30(36)37/h3-7,10-12,18,20-23,29,62H,8-9,34H2,1-2H3,(H2,35,56)(H,44,61)(H,45,58)(H,46,57)(H,47,60)(H,48,59)(H4,36,37,49)(H4,38,39,50)(H4,40,41,51)(H4,42,43,52). The fraction of sp³-hybridized carbons (Fsp3) is 0.333. The van der Waals surface area contributed by atoms with Gasteiger partial charge in [0.05, 0.1) is 15.9 Å². The lowest BCUT2D eigenvalue weighted by Crippen LogP contribution is -2.58. The highest BCUT2D eigenvalue weighted by molar-refractivity contribution is 5.99. The van der Waals surface area contributed by atoms with Crippen LogP contribution in [0.25, 0.3) is 0 Å². The minimum absolute atomic E-state index is 0.0129. The number of aliphatic hydroxyl groups excluding tert-OH is 1. The summed E-state index contributed by atoms with van der Waals surface area (Å²) in [6.07, 6.45) is -10.5. The molecule has 0 saturated heterocycles. The number of nitrogen functional groups attached to an aromatic ring is 1. The molecular weight excluding hydrogens is 881 g/mol. The molecule has 0 bridgehead atoms. The molecule has 33 nitrogen and oxygen atoms in total. The van der Waals surface area contributed by atoms with E-state index in [9.17, 15) is 54.1 Å². The number of amides is 6. The summed E-state index contributed by atoms with van der Waals surface area (Å²) in [5.41, 5.74) is 51.6. The number of nitro benzene ring substituents is 2. The van der Waals surface area contributed by atoms with Crippen molar-refractivity contribution in [3.63, 3.8) is 0 Å². The Morgan fingerprint density at radius 3 is 1.42 bits per heavy atom. The van der Waals surface area contributed by atoms with Crippen LogP contribution in [0.4, 0.5) is 22.7 Å². The Labute approximate surface area is 372 Å². The van der Waals surface area contributed by atoms with Crippen molar-refractivity contribution in [3.8, 4) is 0 Å². The minimum Gasteiger partial charge on any atom is -0.393 e. The molecule has 26 N–H and O–H groups in total. The second-order valence-electron chi connectivity index (χ2n) is 13.8. The third-order valence-corrected chi connectivity index (χ3v) is 8.23. The molecule has 2 rings (SSSR count). The lowest BCUT2D eigenvalue weighted by molar-refractivity contribution is -0.393. The molecule has 6 unspecified atom stereocenters. The van der Waals surface area contributed by atoms with Crippen LogP contribution in [-0.2, 0) is 28.8 Å². The van der Waals surface area contributed by atoms with Gasteiger partial charge in [-0.15, -0.1) is 0 Å². The van der Waals surface area contributed by atoms with Gasteiger partial charge in [-0.2, -0.15) is 0 Å². The molecule has 0 saturated carbocycles. The Morgan fingerprint density at radius 1 is 0.621 bits per heavy atom. The summed E-state index contributed by atoms with van der Waals surface area (Å²) in [5, 5.41) is 45.5. The van der Waals surface area contributed by atoms with Crippen LogP contribution in [0.5, 0.6) is 0 Å². The van der Waals surface area contributed by atoms with Crippen molar-refractivity contribution in [2.45, 2.75) is 57.2 Å². The van der Waals surface area contributed by atoms with Gasteiger partial charge in [0.1, 0.15) is 17.4 Å². The Morgan fingerprint density at radius 2 is 1.03 bits per heavy atom. The van der Waals surface area contributed by atoms with Crippen molar-refractivity contribution in [1.82, 2.24) is 26.6 Å². The molecule has 0 aliphatic carbocycles. The van der Waals surface area contributed by atoms with E-state index in [-0.39, 0.29) is 24.4 Å². The van der Waals surface area contributed by atoms with E-state index in [2.05, 4.69) is 30.6 Å². The summed E-state index contributed by atoms with van der Waals surface area (Å²) >= 11 is 0. The summed E-state index contributed by atoms with van der Waals surface area (Å²) in [6.45, 7) is 3.26. The zero-order chi connectivity index (χ0) is 50.2. The Bertz CT molecular complexity index is 2270. The largest absolute Gasteiger partial charge is 0.393 e. The number of benzene rings is 2. The van der Waals surface area contributed by atoms with Crippen molar-refractivity contribution in [2.75, 3.05) is 17.2 Å². The topological polar surface area (TPSA) is 582 Å². The quantitative estimate of drug-likeness (QED) is 0.0123. The van der Waals surface area contributed by atoms with Crippen LogP contribution in [0.1, 0.15) is 31.9 Å². The number of nitrogens with one attached hydrogen (secondary N) is 5. The molecule has 0 aliphatic rings. The van der Waals surface area contributed by atoms with Gasteiger partial charge >= 0.3 is 0 Å². The number of aliphatic hydroxyl groups is 1. The number of anilines is 2. The number of nitrogens with two attached hydrogens (primary N) is 10. The molecule has 6 atom stereocenters. The maximum absolute atomic E-state index is 14.1. The number of carbonyl (C=O) groups excluding carboxylic acids is 6. The number of guanidine groups is 4. The number of primary amides is 1. The summed E-state index contributed by atoms with van der Waals surface area (Å²) in [5.74, 6) is -11.4. The first-order valence-electron chi connectivity index (χ1n) is 18.6. The van der Waals surface area contributed by atoms with Gasteiger partial charge in [0.2, 0.25) is 36.8 Å². The van der Waals surface area contributed by atoms with Gasteiger partial charge in [-0.05, 0) is 24.0 Å². The number of nitrogens with zero attached hydrogens (tertiary/aromatic N) is 7. The minimum atomic E-state index is -2.34. The number of rotatable bonds is 23. The van der Waals surface area contributed by atoms with E-state index in [0.29, 0.717) is 6.07 Å². The van der Waals surface area contributed by atoms with Crippen molar-refractivity contribution in [3.05, 3.63) is 68.3 Å². The Kier molecular flexibility index (Phi) is 19.0. The van der Waals surface area contributed by atoms with Gasteiger partial charge < -0.3 is 93.9 Å². The second kappa shape index (κ2) is 23.8. The molecule has 0 radical (unpaired) electrons. The smallest absolute Gasteiger partial charge is 0.299 e. The molecule has 0 spiro atoms. The van der Waals surface area contributed by atoms with Crippen LogP contribution < -0.4 is 88.8 Å². The van der Waals surface area contributed by atoms with E-state index in [4.69, 9.17) is 57.3 Å². The van der Waals surface area contributed by atoms with Gasteiger partial charge in [-0.1, -0.05) is 44.2 Å². The molecule has 2 aromatic rings. The molecule has 358 valence electrons. The number of hydrogen-bond donors (Lipinski definition) is 16. The molecule has 6 amide bonds. The number of carbonyl (C=O) groups is 6. The molecular formula is C33H50N22O11. The number of nitro groups is 2. The average molecular weight is 931 g/mol. The van der Waals surface area contributed by atoms with Crippen molar-refractivity contribution in [2.24, 2.45) is 77.5 Å². The summed E-state index contributed by atoms with van der Waals surface area (Å²) in [6, 6.07) is 6.68. The van der Waals surface area contributed by atoms with E-state index in [1.165, 1.54) is 30.3 Å². The van der Waals surface area contributed by atoms with E-state index in [1.807, 2.05) is 16.0 Å². The van der Waals surface area contributed by atoms with Crippen molar-refractivity contribution >= 4 is 82.0 Å². The van der Waals surface area contributed by atoms with E-state index in [0.717, 1.165) is 11.0 Å². The zero-order valence-corrected chi connectivity index (χ0v) is 34.9. The predicted molar refractivity (Wildman–Crippen MR) is 234 cm³/mol. The first kappa shape index (κ1) is 52.8. The van der Waals surface area contributed by atoms with E-state index < -0.39 is 129 Å². The van der Waals surface area contributed by atoms with Gasteiger partial charge in [-0.3, -0.25) is 49.0 Å². The summed E-state index contributed by atoms with van der Waals surface area (Å²) in [7, 11) is 0. The van der Waals surface area contributed by atoms with Crippen molar-refractivity contribution < 1.29 is 43.7 Å². The Hall–Kier alpha value is -9.30. The lowest BCUT2D eigenvalue weighted by Gasteiger charge is -2.31. The molecule has 2 aromatic carbocycles. The van der Waals surface area contributed by atoms with Crippen LogP contribution in [0.15, 0.2) is 62.4 Å². The predicted octanol–water partition coefficient (Wildman–Crippen LogP) is -7.54. The average Bonchev–Trinajstić information content (AvgIpc) is 3.20. The molecule has 0 heterocycles. The molecule has 66 heavy (non-hydrogen) atoms. The van der Waals surface area contributed by atoms with E-state index >= 15 is 0 Å². The summed E-state index contributed by atoms with van der Waals surface area (Å²) in [4.78, 5) is 117. The highest BCUT2D eigenvalue weighted by atomic mass is 16.6. The van der Waals surface area contributed by atoms with Crippen molar-refractivity contribution in [1.29, 1.82) is 0 Å².